The van der Waals surface area contributed by atoms with Crippen LogP contribution in [0.15, 0.2) is 54.7 Å². The van der Waals surface area contributed by atoms with Crippen LogP contribution in [0.25, 0.3) is 0 Å². The molecular weight excluding hydrogens is 486 g/mol. The van der Waals surface area contributed by atoms with E-state index in [4.69, 9.17) is 0 Å². The number of likely N-dealkylation sites (tertiary alicyclic amines) is 1. The maximum Gasteiger partial charge on any atom is 0.254 e. The molecule has 0 aliphatic carbocycles. The smallest absolute Gasteiger partial charge is 0.254 e. The largest absolute Gasteiger partial charge is 0.339 e. The molecule has 0 radical (unpaired) electrons. The van der Waals surface area contributed by atoms with Crippen LogP contribution in [0.5, 0.6) is 0 Å². The van der Waals surface area contributed by atoms with E-state index in [9.17, 15) is 14.4 Å². The quantitative estimate of drug-likeness (QED) is 0.377. The van der Waals surface area contributed by atoms with Gasteiger partial charge in [-0.05, 0) is 90.6 Å². The Morgan fingerprint density at radius 3 is 2.44 bits per heavy atom. The highest BCUT2D eigenvalue weighted by molar-refractivity contribution is 5.99. The fourth-order valence-corrected chi connectivity index (χ4v) is 5.74. The summed E-state index contributed by atoms with van der Waals surface area (Å²) in [7, 11) is 1.83. The summed E-state index contributed by atoms with van der Waals surface area (Å²) in [6.45, 7) is 8.33. The minimum atomic E-state index is 0.00866. The van der Waals surface area contributed by atoms with E-state index in [1.165, 1.54) is 5.56 Å². The fraction of sp³-hybridized carbons (Fsp3) is 0.394. The van der Waals surface area contributed by atoms with Crippen molar-refractivity contribution < 1.29 is 14.4 Å². The van der Waals surface area contributed by atoms with Crippen LogP contribution in [-0.2, 0) is 19.4 Å². The number of amides is 2. The molecule has 0 atom stereocenters. The van der Waals surface area contributed by atoms with Crippen LogP contribution in [0.4, 0.5) is 0 Å². The van der Waals surface area contributed by atoms with E-state index in [1.807, 2.05) is 55.3 Å². The molecule has 2 aromatic carbocycles. The van der Waals surface area contributed by atoms with Gasteiger partial charge in [-0.3, -0.25) is 19.4 Å². The molecule has 2 aliphatic heterocycles. The van der Waals surface area contributed by atoms with E-state index in [0.717, 1.165) is 47.2 Å². The predicted octanol–water partition coefficient (Wildman–Crippen LogP) is 5.62. The van der Waals surface area contributed by atoms with E-state index in [0.29, 0.717) is 42.6 Å². The van der Waals surface area contributed by atoms with E-state index >= 15 is 0 Å². The van der Waals surface area contributed by atoms with Gasteiger partial charge in [0.1, 0.15) is 0 Å². The highest BCUT2D eigenvalue weighted by atomic mass is 16.2. The topological polar surface area (TPSA) is 70.6 Å². The van der Waals surface area contributed by atoms with Crippen molar-refractivity contribution in [1.82, 2.24) is 14.8 Å². The number of aryl methyl sites for hydroxylation is 1. The van der Waals surface area contributed by atoms with Crippen LogP contribution in [0, 0.1) is 12.8 Å². The molecule has 202 valence electrons. The van der Waals surface area contributed by atoms with Crippen LogP contribution in [0.1, 0.15) is 91.6 Å². The molecule has 3 heterocycles. The highest BCUT2D eigenvalue weighted by Crippen LogP contribution is 2.32. The van der Waals surface area contributed by atoms with Crippen LogP contribution in [-0.4, -0.2) is 52.5 Å². The molecular formula is C33H37N3O3. The number of aromatic nitrogens is 1. The Hall–Kier alpha value is -3.80. The number of carbonyl (C=O) groups is 3. The average molecular weight is 524 g/mol. The molecule has 1 aromatic heterocycles. The summed E-state index contributed by atoms with van der Waals surface area (Å²) in [6, 6.07) is 15.7. The van der Waals surface area contributed by atoms with E-state index in [-0.39, 0.29) is 24.0 Å². The Morgan fingerprint density at radius 1 is 1.00 bits per heavy atom. The number of fused-ring (bicyclic) bond motifs is 1. The van der Waals surface area contributed by atoms with Gasteiger partial charge in [-0.15, -0.1) is 0 Å². The first kappa shape index (κ1) is 26.8. The first-order valence-electron chi connectivity index (χ1n) is 13.9. The van der Waals surface area contributed by atoms with Crippen molar-refractivity contribution >= 4 is 17.6 Å². The standard InChI is InChI=1S/C33H37N3O3/c1-21(2)15-29-9-7-26(19-34-29)31(37)18-27-17-25(6-5-22(27)3)32(38)36-13-11-23(12-14-36)24-8-10-30-28(16-24)20-35(4)33(30)39/h5-10,16-17,19,21,23H,11-15,18,20H2,1-4H3. The van der Waals surface area contributed by atoms with Gasteiger partial charge < -0.3 is 9.80 Å². The van der Waals surface area contributed by atoms with Gasteiger partial charge in [-0.25, -0.2) is 0 Å². The molecule has 0 N–H and O–H groups in total. The second kappa shape index (κ2) is 11.1. The summed E-state index contributed by atoms with van der Waals surface area (Å²) in [5, 5.41) is 0. The number of hydrogen-bond acceptors (Lipinski definition) is 4. The third kappa shape index (κ3) is 5.80. The molecule has 6 nitrogen and oxygen atoms in total. The van der Waals surface area contributed by atoms with Crippen LogP contribution >= 0.6 is 0 Å². The van der Waals surface area contributed by atoms with Gasteiger partial charge in [0.25, 0.3) is 11.8 Å². The molecule has 1 saturated heterocycles. The van der Waals surface area contributed by atoms with Crippen molar-refractivity contribution in [3.63, 3.8) is 0 Å². The van der Waals surface area contributed by atoms with Gasteiger partial charge in [0.2, 0.25) is 0 Å². The van der Waals surface area contributed by atoms with Gasteiger partial charge in [0.05, 0.1) is 0 Å². The minimum absolute atomic E-state index is 0.00866. The molecule has 3 aromatic rings. The SMILES string of the molecule is Cc1ccc(C(=O)N2CCC(c3ccc4c(c3)CN(C)C4=O)CC2)cc1CC(=O)c1ccc(CC(C)C)nc1. The summed E-state index contributed by atoms with van der Waals surface area (Å²) in [4.78, 5) is 46.8. The zero-order valence-corrected chi connectivity index (χ0v) is 23.4. The van der Waals surface area contributed by atoms with Crippen molar-refractivity contribution in [1.29, 1.82) is 0 Å². The summed E-state index contributed by atoms with van der Waals surface area (Å²) in [6.07, 6.45) is 4.60. The molecule has 0 saturated carbocycles. The molecule has 0 bridgehead atoms. The maximum absolute atomic E-state index is 13.4. The zero-order chi connectivity index (χ0) is 27.7. The van der Waals surface area contributed by atoms with Crippen molar-refractivity contribution in [2.24, 2.45) is 5.92 Å². The number of nitrogens with zero attached hydrogens (tertiary/aromatic N) is 3. The molecule has 2 amide bonds. The monoisotopic (exact) mass is 523 g/mol. The second-order valence-corrected chi connectivity index (χ2v) is 11.5. The first-order chi connectivity index (χ1) is 18.7. The van der Waals surface area contributed by atoms with Crippen molar-refractivity contribution in [3.8, 4) is 0 Å². The summed E-state index contributed by atoms with van der Waals surface area (Å²) in [5.74, 6) is 1.01. The van der Waals surface area contributed by atoms with Crippen LogP contribution in [0.3, 0.4) is 0 Å². The van der Waals surface area contributed by atoms with Crippen molar-refractivity contribution in [2.75, 3.05) is 20.1 Å². The van der Waals surface area contributed by atoms with Gasteiger partial charge in [0.15, 0.2) is 5.78 Å². The summed E-state index contributed by atoms with van der Waals surface area (Å²) < 4.78 is 0. The molecule has 2 aliphatic rings. The number of piperidine rings is 1. The van der Waals surface area contributed by atoms with Gasteiger partial charge in [-0.1, -0.05) is 32.0 Å². The number of rotatable bonds is 7. The number of Topliss-reactive ketones (excluding diaryl/α,β-unsaturated/α-hetero) is 1. The van der Waals surface area contributed by atoms with E-state index in [2.05, 4.69) is 31.0 Å². The van der Waals surface area contributed by atoms with Crippen LogP contribution < -0.4 is 0 Å². The average Bonchev–Trinajstić information content (AvgIpc) is 3.22. The third-order valence-corrected chi connectivity index (χ3v) is 8.08. The molecule has 39 heavy (non-hydrogen) atoms. The fourth-order valence-electron chi connectivity index (χ4n) is 5.74. The normalized spacial score (nSPS) is 15.7. The van der Waals surface area contributed by atoms with Crippen LogP contribution in [0.2, 0.25) is 0 Å². The number of benzene rings is 2. The predicted molar refractivity (Wildman–Crippen MR) is 152 cm³/mol. The Balaban J connectivity index is 1.22. The number of pyridine rings is 1. The Kier molecular flexibility index (Phi) is 7.65. The number of hydrogen-bond donors (Lipinski definition) is 0. The Labute approximate surface area is 231 Å². The maximum atomic E-state index is 13.4. The number of ketones is 1. The van der Waals surface area contributed by atoms with Crippen molar-refractivity contribution in [3.05, 3.63) is 99.4 Å². The summed E-state index contributed by atoms with van der Waals surface area (Å²) in [5.41, 5.74) is 7.27. The lowest BCUT2D eigenvalue weighted by Gasteiger charge is -2.32. The van der Waals surface area contributed by atoms with Gasteiger partial charge in [-0.2, -0.15) is 0 Å². The lowest BCUT2D eigenvalue weighted by atomic mass is 9.87. The Bertz CT molecular complexity index is 1400. The van der Waals surface area contributed by atoms with Gasteiger partial charge >= 0.3 is 0 Å². The second-order valence-electron chi connectivity index (χ2n) is 11.5. The van der Waals surface area contributed by atoms with E-state index < -0.39 is 0 Å². The highest BCUT2D eigenvalue weighted by Gasteiger charge is 2.28. The van der Waals surface area contributed by atoms with Gasteiger partial charge in [0, 0.05) is 61.7 Å². The third-order valence-electron chi connectivity index (χ3n) is 8.08. The molecule has 5 rings (SSSR count). The van der Waals surface area contributed by atoms with E-state index in [1.54, 1.807) is 11.1 Å². The molecule has 1 fully saturated rings. The summed E-state index contributed by atoms with van der Waals surface area (Å²) >= 11 is 0. The van der Waals surface area contributed by atoms with Crippen molar-refractivity contribution in [2.45, 2.75) is 58.9 Å². The molecule has 0 unspecified atom stereocenters. The lowest BCUT2D eigenvalue weighted by molar-refractivity contribution is 0.0712. The molecule has 6 heteroatoms. The Morgan fingerprint density at radius 2 is 1.74 bits per heavy atom. The lowest BCUT2D eigenvalue weighted by Crippen LogP contribution is -2.38. The first-order valence-corrected chi connectivity index (χ1v) is 13.9. The minimum Gasteiger partial charge on any atom is -0.339 e. The number of carbonyl (C=O) groups excluding carboxylic acids is 3. The zero-order valence-electron chi connectivity index (χ0n) is 23.4. The molecule has 0 spiro atoms.